The molecular formula is C24H27NO3. The van der Waals surface area contributed by atoms with E-state index in [2.05, 4.69) is 41.7 Å². The van der Waals surface area contributed by atoms with Gasteiger partial charge in [-0.2, -0.15) is 0 Å². The minimum atomic E-state index is -0.177. The number of ether oxygens (including phenoxy) is 1. The lowest BCUT2D eigenvalue weighted by Gasteiger charge is -2.19. The van der Waals surface area contributed by atoms with Gasteiger partial charge in [0.1, 0.15) is 5.78 Å². The van der Waals surface area contributed by atoms with Crippen LogP contribution < -0.4 is 5.32 Å². The second kappa shape index (κ2) is 8.70. The lowest BCUT2D eigenvalue weighted by molar-refractivity contribution is -0.143. The number of Topliss-reactive ketones (excluding diaryl/α,β-unsaturated/α-hetero) is 1. The van der Waals surface area contributed by atoms with Crippen molar-refractivity contribution in [3.05, 3.63) is 60.2 Å². The van der Waals surface area contributed by atoms with Crippen molar-refractivity contribution in [3.63, 3.8) is 0 Å². The summed E-state index contributed by atoms with van der Waals surface area (Å²) in [7, 11) is 0. The molecule has 0 aromatic heterocycles. The normalized spacial score (nSPS) is 24.0. The minimum absolute atomic E-state index is 0.106. The third-order valence-electron chi connectivity index (χ3n) is 5.87. The van der Waals surface area contributed by atoms with Crippen LogP contribution in [0.1, 0.15) is 37.7 Å². The molecule has 0 amide bonds. The molecule has 0 radical (unpaired) electrons. The lowest BCUT2D eigenvalue weighted by Crippen LogP contribution is -2.26. The Bertz CT molecular complexity index is 816. The van der Waals surface area contributed by atoms with Gasteiger partial charge in [-0.1, -0.05) is 61.0 Å². The predicted octanol–water partition coefficient (Wildman–Crippen LogP) is 3.93. The largest absolute Gasteiger partial charge is 0.465 e. The van der Waals surface area contributed by atoms with Crippen molar-refractivity contribution in [1.29, 1.82) is 0 Å². The average Bonchev–Trinajstić information content (AvgIpc) is 3.48. The third kappa shape index (κ3) is 4.68. The van der Waals surface area contributed by atoms with Crippen molar-refractivity contribution < 1.29 is 14.3 Å². The molecule has 146 valence electrons. The number of esters is 1. The summed E-state index contributed by atoms with van der Waals surface area (Å²) in [4.78, 5) is 24.1. The maximum atomic E-state index is 12.1. The molecule has 2 fully saturated rings. The van der Waals surface area contributed by atoms with Gasteiger partial charge < -0.3 is 10.1 Å². The molecule has 1 aliphatic carbocycles. The zero-order valence-electron chi connectivity index (χ0n) is 16.1. The van der Waals surface area contributed by atoms with Crippen molar-refractivity contribution in [2.24, 2.45) is 5.92 Å². The molecule has 1 aliphatic heterocycles. The molecule has 3 unspecified atom stereocenters. The van der Waals surface area contributed by atoms with E-state index in [-0.39, 0.29) is 24.0 Å². The van der Waals surface area contributed by atoms with Crippen LogP contribution in [0, 0.1) is 5.92 Å². The van der Waals surface area contributed by atoms with E-state index in [4.69, 9.17) is 4.74 Å². The summed E-state index contributed by atoms with van der Waals surface area (Å²) in [5.74, 6) is 0.289. The molecule has 1 N–H and O–H groups in total. The summed E-state index contributed by atoms with van der Waals surface area (Å²) in [5, 5.41) is 3.31. The van der Waals surface area contributed by atoms with Gasteiger partial charge in [-0.3, -0.25) is 9.59 Å². The Morgan fingerprint density at radius 3 is 2.50 bits per heavy atom. The number of rotatable bonds is 7. The van der Waals surface area contributed by atoms with Gasteiger partial charge in [-0.05, 0) is 29.5 Å². The predicted molar refractivity (Wildman–Crippen MR) is 109 cm³/mol. The fraction of sp³-hybridized carbons (Fsp3) is 0.417. The molecule has 2 aliphatic rings. The van der Waals surface area contributed by atoms with E-state index in [0.717, 1.165) is 24.8 Å². The summed E-state index contributed by atoms with van der Waals surface area (Å²) >= 11 is 0. The van der Waals surface area contributed by atoms with Crippen LogP contribution >= 0.6 is 0 Å². The Morgan fingerprint density at radius 1 is 1.00 bits per heavy atom. The number of benzene rings is 2. The molecular weight excluding hydrogens is 350 g/mol. The number of nitrogens with one attached hydrogen (secondary N) is 1. The highest BCUT2D eigenvalue weighted by molar-refractivity contribution is 5.83. The van der Waals surface area contributed by atoms with Crippen LogP contribution in [0.3, 0.4) is 0 Å². The van der Waals surface area contributed by atoms with E-state index < -0.39 is 0 Å². The third-order valence-corrected chi connectivity index (χ3v) is 5.87. The number of hydrogen-bond acceptors (Lipinski definition) is 4. The van der Waals surface area contributed by atoms with Gasteiger partial charge in [-0.25, -0.2) is 0 Å². The van der Waals surface area contributed by atoms with E-state index in [1.165, 1.54) is 11.1 Å². The van der Waals surface area contributed by atoms with Gasteiger partial charge in [0.15, 0.2) is 0 Å². The van der Waals surface area contributed by atoms with Gasteiger partial charge in [0, 0.05) is 30.8 Å². The molecule has 1 saturated carbocycles. The SMILES string of the molecule is O=C(CC1NC1C1CCCCC1=O)OCCc1ccc(-c2ccccc2)cc1. The molecule has 3 atom stereocenters. The molecule has 4 rings (SSSR count). The van der Waals surface area contributed by atoms with Crippen molar-refractivity contribution >= 4 is 11.8 Å². The quantitative estimate of drug-likeness (QED) is 0.586. The maximum absolute atomic E-state index is 12.1. The first-order chi connectivity index (χ1) is 13.7. The molecule has 0 bridgehead atoms. The molecule has 1 heterocycles. The Labute approximate surface area is 166 Å². The lowest BCUT2D eigenvalue weighted by atomic mass is 9.84. The van der Waals surface area contributed by atoms with Gasteiger partial charge in [0.05, 0.1) is 13.0 Å². The molecule has 1 saturated heterocycles. The Morgan fingerprint density at radius 2 is 1.75 bits per heavy atom. The summed E-state index contributed by atoms with van der Waals surface area (Å²) in [6, 6.07) is 19.0. The van der Waals surface area contributed by atoms with Gasteiger partial charge in [0.2, 0.25) is 0 Å². The van der Waals surface area contributed by atoms with Gasteiger partial charge in [0.25, 0.3) is 0 Å². The fourth-order valence-electron chi connectivity index (χ4n) is 4.18. The molecule has 4 nitrogen and oxygen atoms in total. The van der Waals surface area contributed by atoms with Gasteiger partial charge >= 0.3 is 5.97 Å². The van der Waals surface area contributed by atoms with E-state index in [9.17, 15) is 9.59 Å². The number of carbonyl (C=O) groups is 2. The molecule has 28 heavy (non-hydrogen) atoms. The van der Waals surface area contributed by atoms with Crippen LogP contribution in [0.5, 0.6) is 0 Å². The number of ketones is 1. The minimum Gasteiger partial charge on any atom is -0.465 e. The Balaban J connectivity index is 1.18. The van der Waals surface area contributed by atoms with E-state index >= 15 is 0 Å². The van der Waals surface area contributed by atoms with Crippen LogP contribution in [0.2, 0.25) is 0 Å². The highest BCUT2D eigenvalue weighted by atomic mass is 16.5. The summed E-state index contributed by atoms with van der Waals surface area (Å²) in [5.41, 5.74) is 3.54. The van der Waals surface area contributed by atoms with Gasteiger partial charge in [-0.15, -0.1) is 0 Å². The first-order valence-corrected chi connectivity index (χ1v) is 10.3. The monoisotopic (exact) mass is 377 g/mol. The topological polar surface area (TPSA) is 65.3 Å². The molecule has 4 heteroatoms. The molecule has 2 aromatic carbocycles. The fourth-order valence-corrected chi connectivity index (χ4v) is 4.18. The number of hydrogen-bond donors (Lipinski definition) is 1. The summed E-state index contributed by atoms with van der Waals surface area (Å²) in [6.45, 7) is 0.392. The van der Waals surface area contributed by atoms with Crippen molar-refractivity contribution in [3.8, 4) is 11.1 Å². The first kappa shape index (κ1) is 18.9. The van der Waals surface area contributed by atoms with Crippen LogP contribution in [-0.4, -0.2) is 30.4 Å². The average molecular weight is 377 g/mol. The van der Waals surface area contributed by atoms with Crippen LogP contribution in [0.4, 0.5) is 0 Å². The first-order valence-electron chi connectivity index (χ1n) is 10.3. The van der Waals surface area contributed by atoms with E-state index in [1.807, 2.05) is 18.2 Å². The van der Waals surface area contributed by atoms with Crippen molar-refractivity contribution in [2.45, 2.75) is 50.6 Å². The van der Waals surface area contributed by atoms with Crippen molar-refractivity contribution in [1.82, 2.24) is 5.32 Å². The summed E-state index contributed by atoms with van der Waals surface area (Å²) < 4.78 is 5.41. The smallest absolute Gasteiger partial charge is 0.307 e. The van der Waals surface area contributed by atoms with E-state index in [0.29, 0.717) is 31.7 Å². The second-order valence-corrected chi connectivity index (χ2v) is 7.86. The number of carbonyl (C=O) groups excluding carboxylic acids is 2. The van der Waals surface area contributed by atoms with Crippen LogP contribution in [-0.2, 0) is 20.7 Å². The van der Waals surface area contributed by atoms with Crippen molar-refractivity contribution in [2.75, 3.05) is 6.61 Å². The van der Waals surface area contributed by atoms with E-state index in [1.54, 1.807) is 0 Å². The Kier molecular flexibility index (Phi) is 5.87. The Hall–Kier alpha value is -2.46. The second-order valence-electron chi connectivity index (χ2n) is 7.86. The highest BCUT2D eigenvalue weighted by Gasteiger charge is 2.46. The maximum Gasteiger partial charge on any atom is 0.307 e. The zero-order valence-corrected chi connectivity index (χ0v) is 16.1. The summed E-state index contributed by atoms with van der Waals surface area (Å²) in [6.07, 6.45) is 4.87. The molecule has 0 spiro atoms. The van der Waals surface area contributed by atoms with Crippen LogP contribution in [0.25, 0.3) is 11.1 Å². The zero-order chi connectivity index (χ0) is 19.3. The van der Waals surface area contributed by atoms with Crippen LogP contribution in [0.15, 0.2) is 54.6 Å². The standard InChI is InChI=1S/C24H27NO3/c26-22-9-5-4-8-20(22)24-21(25-24)16-23(27)28-15-14-17-10-12-19(13-11-17)18-6-2-1-3-7-18/h1-3,6-7,10-13,20-21,24-25H,4-5,8-9,14-16H2. The molecule has 2 aromatic rings. The highest BCUT2D eigenvalue weighted by Crippen LogP contribution is 2.32.